The van der Waals surface area contributed by atoms with E-state index < -0.39 is 5.92 Å². The number of nitrogens with zero attached hydrogens (tertiary/aromatic N) is 3. The Morgan fingerprint density at radius 2 is 1.96 bits per heavy atom. The number of Topliss-reactive ketones (excluding diaryl/α,β-unsaturated/α-hetero) is 1. The molecule has 3 heterocycles. The molecular formula is C19H10ClN3OS2. The highest BCUT2D eigenvalue weighted by atomic mass is 35.5. The number of ketones is 1. The van der Waals surface area contributed by atoms with E-state index in [2.05, 4.69) is 16.0 Å². The van der Waals surface area contributed by atoms with Gasteiger partial charge in [0.1, 0.15) is 5.01 Å². The number of aromatic nitrogens is 2. The van der Waals surface area contributed by atoms with E-state index in [1.165, 1.54) is 22.7 Å². The molecule has 26 heavy (non-hydrogen) atoms. The lowest BCUT2D eigenvalue weighted by atomic mass is 10.1. The first-order valence-electron chi connectivity index (χ1n) is 7.66. The van der Waals surface area contributed by atoms with E-state index in [9.17, 15) is 10.1 Å². The van der Waals surface area contributed by atoms with Gasteiger partial charge in [-0.3, -0.25) is 9.78 Å². The Morgan fingerprint density at radius 1 is 1.15 bits per heavy atom. The van der Waals surface area contributed by atoms with Crippen LogP contribution < -0.4 is 0 Å². The fraction of sp³-hybridized carbons (Fsp3) is 0.0526. The lowest BCUT2D eigenvalue weighted by Gasteiger charge is -2.03. The summed E-state index contributed by atoms with van der Waals surface area (Å²) >= 11 is 8.98. The molecule has 0 N–H and O–H groups in total. The number of halogens is 1. The number of fused-ring (bicyclic) bond motifs is 1. The maximum Gasteiger partial charge on any atom is 0.198 e. The van der Waals surface area contributed by atoms with E-state index in [0.717, 1.165) is 10.1 Å². The van der Waals surface area contributed by atoms with Gasteiger partial charge in [0.2, 0.25) is 0 Å². The van der Waals surface area contributed by atoms with Crippen LogP contribution in [-0.4, -0.2) is 15.8 Å². The average Bonchev–Trinajstić information content (AvgIpc) is 3.29. The molecule has 0 saturated carbocycles. The third kappa shape index (κ3) is 2.90. The molecule has 7 heteroatoms. The monoisotopic (exact) mass is 395 g/mol. The smallest absolute Gasteiger partial charge is 0.198 e. The summed E-state index contributed by atoms with van der Waals surface area (Å²) in [5.41, 5.74) is 1.36. The lowest BCUT2D eigenvalue weighted by molar-refractivity contribution is 0.0983. The van der Waals surface area contributed by atoms with Gasteiger partial charge in [-0.2, -0.15) is 5.26 Å². The van der Waals surface area contributed by atoms with Gasteiger partial charge < -0.3 is 0 Å². The number of thiazole rings is 1. The molecule has 0 radical (unpaired) electrons. The maximum atomic E-state index is 13.0. The second kappa shape index (κ2) is 6.96. The van der Waals surface area contributed by atoms with Crippen LogP contribution in [0.4, 0.5) is 0 Å². The standard InChI is InChI=1S/C19H10ClN3OS2/c20-16-11-5-1-2-7-15(11)26-18(16)17(24)12(9-21)19-23-14(10-25-19)13-6-3-4-8-22-13/h1-8,10,12H/t12-/m0/s1. The van der Waals surface area contributed by atoms with E-state index in [-0.39, 0.29) is 5.78 Å². The van der Waals surface area contributed by atoms with Gasteiger partial charge in [0.25, 0.3) is 0 Å². The zero-order chi connectivity index (χ0) is 18.1. The largest absolute Gasteiger partial charge is 0.291 e. The summed E-state index contributed by atoms with van der Waals surface area (Å²) in [6.45, 7) is 0. The molecule has 0 amide bonds. The first-order chi connectivity index (χ1) is 12.7. The van der Waals surface area contributed by atoms with Crippen LogP contribution in [0.3, 0.4) is 0 Å². The Balaban J connectivity index is 1.71. The molecule has 4 rings (SSSR count). The predicted octanol–water partition coefficient (Wildman–Crippen LogP) is 5.56. The van der Waals surface area contributed by atoms with Crippen LogP contribution in [0, 0.1) is 11.3 Å². The van der Waals surface area contributed by atoms with Gasteiger partial charge >= 0.3 is 0 Å². The normalized spacial score (nSPS) is 12.0. The molecule has 0 aliphatic rings. The topological polar surface area (TPSA) is 66.6 Å². The zero-order valence-corrected chi connectivity index (χ0v) is 15.6. The van der Waals surface area contributed by atoms with Crippen LogP contribution in [0.5, 0.6) is 0 Å². The van der Waals surface area contributed by atoms with Crippen molar-refractivity contribution in [3.05, 3.63) is 68.9 Å². The van der Waals surface area contributed by atoms with Gasteiger partial charge in [-0.05, 0) is 18.2 Å². The number of thiophene rings is 1. The van der Waals surface area contributed by atoms with Crippen molar-refractivity contribution in [2.75, 3.05) is 0 Å². The van der Waals surface area contributed by atoms with Crippen LogP contribution in [0.15, 0.2) is 54.0 Å². The number of hydrogen-bond donors (Lipinski definition) is 0. The molecule has 0 spiro atoms. The molecule has 1 aromatic carbocycles. The summed E-state index contributed by atoms with van der Waals surface area (Å²) in [6.07, 6.45) is 1.68. The molecule has 4 aromatic rings. The number of benzene rings is 1. The number of nitriles is 1. The molecule has 0 aliphatic heterocycles. The van der Waals surface area contributed by atoms with Crippen molar-refractivity contribution in [3.8, 4) is 17.5 Å². The number of pyridine rings is 1. The zero-order valence-electron chi connectivity index (χ0n) is 13.2. The molecule has 4 nitrogen and oxygen atoms in total. The second-order valence-corrected chi connectivity index (χ2v) is 7.77. The third-order valence-corrected chi connectivity index (χ3v) is 6.45. The molecule has 0 unspecified atom stereocenters. The maximum absolute atomic E-state index is 13.0. The fourth-order valence-corrected chi connectivity index (χ4v) is 4.93. The van der Waals surface area contributed by atoms with Gasteiger partial charge in [0, 0.05) is 21.7 Å². The molecule has 126 valence electrons. The molecular weight excluding hydrogens is 386 g/mol. The van der Waals surface area contributed by atoms with Crippen molar-refractivity contribution in [3.63, 3.8) is 0 Å². The van der Waals surface area contributed by atoms with Crippen LogP contribution in [0.25, 0.3) is 21.5 Å². The predicted molar refractivity (Wildman–Crippen MR) is 105 cm³/mol. The van der Waals surface area contributed by atoms with Gasteiger partial charge in [0.05, 0.1) is 27.4 Å². The summed E-state index contributed by atoms with van der Waals surface area (Å²) < 4.78 is 0.922. The van der Waals surface area contributed by atoms with Crippen molar-refractivity contribution < 1.29 is 4.79 Å². The van der Waals surface area contributed by atoms with E-state index in [4.69, 9.17) is 11.6 Å². The van der Waals surface area contributed by atoms with Gasteiger partial charge in [-0.1, -0.05) is 35.9 Å². The Hall–Kier alpha value is -2.59. The Bertz CT molecular complexity index is 1140. The van der Waals surface area contributed by atoms with Crippen LogP contribution in [-0.2, 0) is 0 Å². The lowest BCUT2D eigenvalue weighted by Crippen LogP contribution is -2.10. The third-order valence-electron chi connectivity index (χ3n) is 3.85. The Morgan fingerprint density at radius 3 is 2.69 bits per heavy atom. The fourth-order valence-electron chi connectivity index (χ4n) is 2.58. The minimum absolute atomic E-state index is 0.319. The Labute approximate surface area is 162 Å². The summed E-state index contributed by atoms with van der Waals surface area (Å²) in [6, 6.07) is 15.1. The molecule has 0 bridgehead atoms. The molecule has 0 aliphatic carbocycles. The summed E-state index contributed by atoms with van der Waals surface area (Å²) in [4.78, 5) is 22.1. The number of rotatable bonds is 4. The van der Waals surface area contributed by atoms with E-state index in [0.29, 0.717) is 26.3 Å². The molecule has 0 fully saturated rings. The SMILES string of the molecule is N#C[C@@H](C(=O)c1sc2ccccc2c1Cl)c1nc(-c2ccccn2)cs1. The minimum atomic E-state index is -0.983. The summed E-state index contributed by atoms with van der Waals surface area (Å²) in [7, 11) is 0. The number of carbonyl (C=O) groups is 1. The van der Waals surface area contributed by atoms with E-state index in [1.54, 1.807) is 6.20 Å². The van der Waals surface area contributed by atoms with Crippen molar-refractivity contribution in [1.82, 2.24) is 9.97 Å². The van der Waals surface area contributed by atoms with Crippen molar-refractivity contribution in [2.24, 2.45) is 0 Å². The first-order valence-corrected chi connectivity index (χ1v) is 9.74. The van der Waals surface area contributed by atoms with Gasteiger partial charge in [-0.25, -0.2) is 4.98 Å². The van der Waals surface area contributed by atoms with E-state index in [1.807, 2.05) is 47.8 Å². The van der Waals surface area contributed by atoms with E-state index >= 15 is 0 Å². The highest BCUT2D eigenvalue weighted by Gasteiger charge is 2.29. The Kier molecular flexibility index (Phi) is 4.51. The van der Waals surface area contributed by atoms with Crippen LogP contribution >= 0.6 is 34.3 Å². The number of hydrogen-bond acceptors (Lipinski definition) is 6. The number of carbonyl (C=O) groups excluding carboxylic acids is 1. The van der Waals surface area contributed by atoms with Crippen molar-refractivity contribution in [2.45, 2.75) is 5.92 Å². The molecule has 0 saturated heterocycles. The van der Waals surface area contributed by atoms with Gasteiger partial charge in [-0.15, -0.1) is 22.7 Å². The van der Waals surface area contributed by atoms with Crippen molar-refractivity contribution >= 4 is 50.1 Å². The molecule has 3 aromatic heterocycles. The molecule has 1 atom stereocenters. The van der Waals surface area contributed by atoms with Crippen molar-refractivity contribution in [1.29, 1.82) is 5.26 Å². The minimum Gasteiger partial charge on any atom is -0.291 e. The quantitative estimate of drug-likeness (QED) is 0.424. The second-order valence-electron chi connectivity index (χ2n) is 5.45. The summed E-state index contributed by atoms with van der Waals surface area (Å²) in [5.74, 6) is -1.30. The first kappa shape index (κ1) is 16.9. The highest BCUT2D eigenvalue weighted by Crippen LogP contribution is 2.38. The van der Waals surface area contributed by atoms with Crippen LogP contribution in [0.2, 0.25) is 5.02 Å². The summed E-state index contributed by atoms with van der Waals surface area (Å²) in [5, 5.41) is 13.1. The average molecular weight is 396 g/mol. The van der Waals surface area contributed by atoms with Gasteiger partial charge in [0.15, 0.2) is 11.7 Å². The highest BCUT2D eigenvalue weighted by molar-refractivity contribution is 7.21. The van der Waals surface area contributed by atoms with Crippen LogP contribution in [0.1, 0.15) is 20.6 Å².